The minimum Gasteiger partial charge on any atom is -0.465 e. The van der Waals surface area contributed by atoms with Crippen molar-refractivity contribution in [1.29, 1.82) is 0 Å². The molecule has 4 nitrogen and oxygen atoms in total. The fourth-order valence-electron chi connectivity index (χ4n) is 1.25. The van der Waals surface area contributed by atoms with Crippen LogP contribution in [0, 0.1) is 0 Å². The van der Waals surface area contributed by atoms with Crippen molar-refractivity contribution < 1.29 is 14.3 Å². The van der Waals surface area contributed by atoms with Crippen LogP contribution in [0.5, 0.6) is 0 Å². The van der Waals surface area contributed by atoms with E-state index in [1.54, 1.807) is 7.05 Å². The third-order valence-corrected chi connectivity index (χ3v) is 3.22. The molecule has 0 aromatic rings. The van der Waals surface area contributed by atoms with Crippen LogP contribution in [-0.4, -0.2) is 37.4 Å². The van der Waals surface area contributed by atoms with E-state index in [1.807, 2.05) is 27.7 Å². The van der Waals surface area contributed by atoms with Crippen LogP contribution in [0.2, 0.25) is 0 Å². The number of esters is 1. The Morgan fingerprint density at radius 2 is 1.82 bits per heavy atom. The van der Waals surface area contributed by atoms with Crippen LogP contribution in [0.4, 0.5) is 0 Å². The van der Waals surface area contributed by atoms with Crippen molar-refractivity contribution in [2.75, 3.05) is 20.3 Å². The Labute approximate surface area is 105 Å². The van der Waals surface area contributed by atoms with Crippen LogP contribution in [-0.2, 0) is 14.3 Å². The smallest absolute Gasteiger partial charge is 0.326 e. The number of nitrogens with one attached hydrogen (secondary N) is 1. The second kappa shape index (κ2) is 6.97. The van der Waals surface area contributed by atoms with E-state index in [4.69, 9.17) is 9.47 Å². The Hall–Kier alpha value is -0.610. The summed E-state index contributed by atoms with van der Waals surface area (Å²) in [5, 5.41) is 3.01. The number of hydrogen-bond acceptors (Lipinski definition) is 4. The van der Waals surface area contributed by atoms with Gasteiger partial charge in [-0.05, 0) is 47.6 Å². The highest BCUT2D eigenvalue weighted by Crippen LogP contribution is 2.17. The molecule has 0 aromatic carbocycles. The fraction of sp³-hybridized carbons (Fsp3) is 0.923. The van der Waals surface area contributed by atoms with Crippen LogP contribution in [0.3, 0.4) is 0 Å². The van der Waals surface area contributed by atoms with E-state index in [0.717, 1.165) is 6.42 Å². The van der Waals surface area contributed by atoms with Gasteiger partial charge < -0.3 is 14.8 Å². The zero-order chi connectivity index (χ0) is 13.5. The highest BCUT2D eigenvalue weighted by atomic mass is 16.5. The zero-order valence-electron chi connectivity index (χ0n) is 12.1. The van der Waals surface area contributed by atoms with E-state index in [1.165, 1.54) is 0 Å². The van der Waals surface area contributed by atoms with E-state index in [9.17, 15) is 4.79 Å². The van der Waals surface area contributed by atoms with Crippen molar-refractivity contribution in [3.63, 3.8) is 0 Å². The summed E-state index contributed by atoms with van der Waals surface area (Å²) in [6.45, 7) is 10.8. The van der Waals surface area contributed by atoms with Gasteiger partial charge in [0, 0.05) is 6.61 Å². The number of likely N-dealkylation sites (N-methyl/N-ethyl adjacent to an activating group) is 1. The Kier molecular flexibility index (Phi) is 6.72. The second-order valence-electron chi connectivity index (χ2n) is 5.01. The summed E-state index contributed by atoms with van der Waals surface area (Å²) in [6.07, 6.45) is 1.55. The summed E-state index contributed by atoms with van der Waals surface area (Å²) in [7, 11) is 1.77. The molecule has 0 saturated heterocycles. The molecule has 1 unspecified atom stereocenters. The molecule has 4 heteroatoms. The zero-order valence-corrected chi connectivity index (χ0v) is 12.1. The van der Waals surface area contributed by atoms with Crippen molar-refractivity contribution in [3.05, 3.63) is 0 Å². The first-order chi connectivity index (χ1) is 7.81. The molecule has 1 N–H and O–H groups in total. The maximum Gasteiger partial charge on any atom is 0.326 e. The van der Waals surface area contributed by atoms with Gasteiger partial charge in [-0.15, -0.1) is 0 Å². The number of carbonyl (C=O) groups is 1. The highest BCUT2D eigenvalue weighted by molar-refractivity contribution is 5.80. The minimum atomic E-state index is -0.667. The van der Waals surface area contributed by atoms with Gasteiger partial charge in [-0.25, -0.2) is 0 Å². The maximum absolute atomic E-state index is 11.8. The van der Waals surface area contributed by atoms with Gasteiger partial charge in [-0.2, -0.15) is 0 Å². The van der Waals surface area contributed by atoms with Gasteiger partial charge in [0.25, 0.3) is 0 Å². The topological polar surface area (TPSA) is 47.6 Å². The molecular formula is C13H27NO3. The third-order valence-electron chi connectivity index (χ3n) is 3.22. The summed E-state index contributed by atoms with van der Waals surface area (Å²) in [5.41, 5.74) is -0.802. The van der Waals surface area contributed by atoms with Gasteiger partial charge in [-0.3, -0.25) is 4.79 Å². The predicted octanol–water partition coefficient (Wildman–Crippen LogP) is 2.12. The summed E-state index contributed by atoms with van der Waals surface area (Å²) >= 11 is 0. The van der Waals surface area contributed by atoms with E-state index < -0.39 is 5.54 Å². The molecule has 1 atom stereocenters. The number of ether oxygens (including phenoxy) is 2. The predicted molar refractivity (Wildman–Crippen MR) is 69.0 cm³/mol. The summed E-state index contributed by atoms with van der Waals surface area (Å²) < 4.78 is 10.8. The van der Waals surface area contributed by atoms with Crippen LogP contribution < -0.4 is 5.32 Å². The Bertz CT molecular complexity index is 241. The average Bonchev–Trinajstić information content (AvgIpc) is 2.29. The van der Waals surface area contributed by atoms with E-state index in [-0.39, 0.29) is 11.6 Å². The average molecular weight is 245 g/mol. The monoisotopic (exact) mass is 245 g/mol. The second-order valence-corrected chi connectivity index (χ2v) is 5.01. The van der Waals surface area contributed by atoms with Crippen molar-refractivity contribution in [2.45, 2.75) is 58.6 Å². The first-order valence-corrected chi connectivity index (χ1v) is 6.31. The number of hydrogen-bond donors (Lipinski definition) is 1. The summed E-state index contributed by atoms with van der Waals surface area (Å²) in [6, 6.07) is 0. The molecule has 0 aromatic heterocycles. The van der Waals surface area contributed by atoms with Crippen molar-refractivity contribution in [3.8, 4) is 0 Å². The van der Waals surface area contributed by atoms with Crippen molar-refractivity contribution >= 4 is 5.97 Å². The molecule has 0 bridgehead atoms. The Balaban J connectivity index is 4.26. The molecule has 0 amide bonds. The van der Waals surface area contributed by atoms with Gasteiger partial charge in [0.2, 0.25) is 0 Å². The first kappa shape index (κ1) is 16.4. The molecule has 0 aliphatic carbocycles. The van der Waals surface area contributed by atoms with Crippen LogP contribution in [0.25, 0.3) is 0 Å². The van der Waals surface area contributed by atoms with E-state index in [0.29, 0.717) is 19.6 Å². The van der Waals surface area contributed by atoms with Crippen molar-refractivity contribution in [1.82, 2.24) is 5.32 Å². The largest absolute Gasteiger partial charge is 0.465 e. The fourth-order valence-corrected chi connectivity index (χ4v) is 1.25. The molecular weight excluding hydrogens is 218 g/mol. The molecule has 0 aliphatic heterocycles. The quantitative estimate of drug-likeness (QED) is 0.665. The molecule has 0 rings (SSSR count). The minimum absolute atomic E-state index is 0.136. The van der Waals surface area contributed by atoms with Gasteiger partial charge in [-0.1, -0.05) is 6.92 Å². The summed E-state index contributed by atoms with van der Waals surface area (Å²) in [5.74, 6) is -0.222. The summed E-state index contributed by atoms with van der Waals surface area (Å²) in [4.78, 5) is 11.8. The van der Waals surface area contributed by atoms with Crippen LogP contribution in [0.15, 0.2) is 0 Å². The van der Waals surface area contributed by atoms with Gasteiger partial charge >= 0.3 is 5.97 Å². The molecule has 102 valence electrons. The third kappa shape index (κ3) is 5.50. The lowest BCUT2D eigenvalue weighted by Gasteiger charge is -2.29. The first-order valence-electron chi connectivity index (χ1n) is 6.31. The van der Waals surface area contributed by atoms with Gasteiger partial charge in [0.1, 0.15) is 5.54 Å². The normalized spacial score (nSPS) is 15.4. The van der Waals surface area contributed by atoms with E-state index in [2.05, 4.69) is 12.2 Å². The molecule has 0 fully saturated rings. The maximum atomic E-state index is 11.8. The lowest BCUT2D eigenvalue weighted by atomic mass is 9.98. The molecule has 0 spiro atoms. The molecule has 0 heterocycles. The van der Waals surface area contributed by atoms with Gasteiger partial charge in [0.05, 0.1) is 12.2 Å². The van der Waals surface area contributed by atoms with Crippen molar-refractivity contribution in [2.24, 2.45) is 0 Å². The lowest BCUT2D eigenvalue weighted by Crippen LogP contribution is -2.49. The number of rotatable bonds is 8. The molecule has 0 saturated carbocycles. The SMILES string of the molecule is CCOC(=O)C(C)(CCOC(C)(C)CC)NC. The van der Waals surface area contributed by atoms with E-state index >= 15 is 0 Å². The lowest BCUT2D eigenvalue weighted by molar-refractivity contribution is -0.151. The standard InChI is InChI=1S/C13H27NO3/c1-7-12(3,4)17-10-9-13(5,14-6)11(15)16-8-2/h14H,7-10H2,1-6H3. The number of carbonyl (C=O) groups excluding carboxylic acids is 1. The highest BCUT2D eigenvalue weighted by Gasteiger charge is 2.33. The van der Waals surface area contributed by atoms with Gasteiger partial charge in [0.15, 0.2) is 0 Å². The van der Waals surface area contributed by atoms with Crippen LogP contribution >= 0.6 is 0 Å². The Morgan fingerprint density at radius 3 is 2.24 bits per heavy atom. The Morgan fingerprint density at radius 1 is 1.24 bits per heavy atom. The molecule has 17 heavy (non-hydrogen) atoms. The molecule has 0 aliphatic rings. The molecule has 0 radical (unpaired) electrons. The van der Waals surface area contributed by atoms with Crippen LogP contribution in [0.1, 0.15) is 47.5 Å².